The molecule has 3 fully saturated rings. The molecule has 0 aliphatic carbocycles. The van der Waals surface area contributed by atoms with Crippen LogP contribution in [0.25, 0.3) is 0 Å². The largest absolute Gasteiger partial charge is 0.496 e. The lowest BCUT2D eigenvalue weighted by Gasteiger charge is -2.56. The number of nitrogens with zero attached hydrogens (tertiary/aromatic N) is 1. The van der Waals surface area contributed by atoms with E-state index in [0.29, 0.717) is 13.1 Å². The van der Waals surface area contributed by atoms with Crippen molar-refractivity contribution in [2.75, 3.05) is 20.2 Å². The molecule has 0 amide bonds. The molecule has 5 nitrogen and oxygen atoms in total. The van der Waals surface area contributed by atoms with Crippen LogP contribution in [0.5, 0.6) is 5.75 Å². The van der Waals surface area contributed by atoms with E-state index in [0.717, 1.165) is 37.1 Å². The quantitative estimate of drug-likeness (QED) is 0.395. The minimum Gasteiger partial charge on any atom is -0.496 e. The number of hydrogen-bond acceptors (Lipinski definition) is 4. The number of hydrogen-bond donors (Lipinski definition) is 2. The van der Waals surface area contributed by atoms with Crippen molar-refractivity contribution >= 4 is 5.97 Å². The van der Waals surface area contributed by atoms with Crippen LogP contribution in [-0.2, 0) is 17.8 Å². The summed E-state index contributed by atoms with van der Waals surface area (Å²) in [6, 6.07) is 28.0. The van der Waals surface area contributed by atoms with Crippen LogP contribution in [0.2, 0.25) is 0 Å². The molecule has 3 aromatic carbocycles. The van der Waals surface area contributed by atoms with E-state index in [1.54, 1.807) is 7.11 Å². The van der Waals surface area contributed by atoms with Crippen molar-refractivity contribution < 1.29 is 14.6 Å². The zero-order valence-electron chi connectivity index (χ0n) is 21.8. The normalized spacial score (nSPS) is 24.8. The Morgan fingerprint density at radius 2 is 1.73 bits per heavy atom. The van der Waals surface area contributed by atoms with Crippen LogP contribution in [0, 0.1) is 11.8 Å². The molecule has 0 spiro atoms. The number of aryl methyl sites for hydroxylation is 1. The molecule has 0 radical (unpaired) electrons. The van der Waals surface area contributed by atoms with Gasteiger partial charge >= 0.3 is 5.97 Å². The number of piperidine rings is 3. The van der Waals surface area contributed by atoms with Gasteiger partial charge in [-0.1, -0.05) is 86.1 Å². The van der Waals surface area contributed by atoms with Crippen molar-refractivity contribution in [3.63, 3.8) is 0 Å². The van der Waals surface area contributed by atoms with Gasteiger partial charge in [0.05, 0.1) is 13.0 Å². The number of benzene rings is 3. The van der Waals surface area contributed by atoms with Gasteiger partial charge in [-0.05, 0) is 48.1 Å². The Kier molecular flexibility index (Phi) is 7.92. The summed E-state index contributed by atoms with van der Waals surface area (Å²) in [5, 5.41) is 14.0. The first-order valence-corrected chi connectivity index (χ1v) is 13.6. The number of fused-ring (bicyclic) bond motifs is 3. The third-order valence-corrected chi connectivity index (χ3v) is 8.34. The summed E-state index contributed by atoms with van der Waals surface area (Å²) in [5.74, 6) is 0.0575. The van der Waals surface area contributed by atoms with Gasteiger partial charge < -0.3 is 15.2 Å². The van der Waals surface area contributed by atoms with Gasteiger partial charge in [-0.25, -0.2) is 0 Å². The number of carboxylic acid groups (broad SMARTS) is 1. The first-order chi connectivity index (χ1) is 18.1. The van der Waals surface area contributed by atoms with Crippen molar-refractivity contribution in [1.82, 2.24) is 10.2 Å². The molecule has 2 N–H and O–H groups in total. The summed E-state index contributed by atoms with van der Waals surface area (Å²) in [6.45, 7) is 4.38. The molecule has 3 aromatic rings. The molecule has 3 heterocycles. The monoisotopic (exact) mass is 498 g/mol. The zero-order valence-corrected chi connectivity index (χ0v) is 21.8. The fourth-order valence-corrected chi connectivity index (χ4v) is 6.68. The first-order valence-electron chi connectivity index (χ1n) is 13.6. The molecule has 0 aromatic heterocycles. The molecular weight excluding hydrogens is 460 g/mol. The number of carboxylic acids is 1. The number of aliphatic carboxylic acids is 1. The van der Waals surface area contributed by atoms with Crippen LogP contribution in [-0.4, -0.2) is 48.3 Å². The lowest BCUT2D eigenvalue weighted by molar-refractivity contribution is -0.152. The highest BCUT2D eigenvalue weighted by atomic mass is 16.5. The van der Waals surface area contributed by atoms with E-state index in [-0.39, 0.29) is 29.8 Å². The molecule has 3 aliphatic rings. The minimum absolute atomic E-state index is 0.0357. The van der Waals surface area contributed by atoms with Crippen LogP contribution in [0.1, 0.15) is 47.9 Å². The summed E-state index contributed by atoms with van der Waals surface area (Å²) < 4.78 is 5.71. The lowest BCUT2D eigenvalue weighted by atomic mass is 9.66. The maximum Gasteiger partial charge on any atom is 0.308 e. The number of nitrogens with one attached hydrogen (secondary N) is 1. The van der Waals surface area contributed by atoms with Crippen LogP contribution >= 0.6 is 0 Å². The number of carbonyl (C=O) groups is 1. The molecule has 3 aliphatic heterocycles. The molecule has 5 atom stereocenters. The van der Waals surface area contributed by atoms with Gasteiger partial charge in [0.15, 0.2) is 0 Å². The standard InChI is InChI=1S/C32H38N2O3/c1-3-10-22-15-16-28(37-2)25(19-22)20-33-30-26-17-18-34(21-27(26)32(35)36)31(30)29(23-11-6-4-7-12-23)24-13-8-5-9-14-24/h4-9,11-16,19,26-27,29-31,33H,3,10,17-18,20-21H2,1-2H3,(H,35,36)/t26-,27-,30-,31+/m0/s1. The average molecular weight is 499 g/mol. The van der Waals surface area contributed by atoms with Crippen LogP contribution < -0.4 is 10.1 Å². The molecular formula is C32H38N2O3. The summed E-state index contributed by atoms with van der Waals surface area (Å²) in [6.07, 6.45) is 3.02. The van der Waals surface area contributed by atoms with Crippen molar-refractivity contribution in [3.8, 4) is 5.75 Å². The van der Waals surface area contributed by atoms with Crippen molar-refractivity contribution in [2.45, 2.75) is 50.7 Å². The van der Waals surface area contributed by atoms with Gasteiger partial charge in [0.1, 0.15) is 5.75 Å². The first kappa shape index (κ1) is 25.5. The second-order valence-corrected chi connectivity index (χ2v) is 10.5. The Morgan fingerprint density at radius 3 is 2.32 bits per heavy atom. The lowest BCUT2D eigenvalue weighted by Crippen LogP contribution is -2.68. The predicted octanol–water partition coefficient (Wildman–Crippen LogP) is 5.34. The van der Waals surface area contributed by atoms with Gasteiger partial charge in [0.25, 0.3) is 0 Å². The van der Waals surface area contributed by atoms with Crippen LogP contribution in [0.15, 0.2) is 78.9 Å². The molecule has 1 unspecified atom stereocenters. The number of methoxy groups -OCH3 is 1. The molecule has 2 bridgehead atoms. The maximum atomic E-state index is 12.3. The Labute approximate surface area is 220 Å². The van der Waals surface area contributed by atoms with Gasteiger partial charge in [0.2, 0.25) is 0 Å². The highest BCUT2D eigenvalue weighted by Gasteiger charge is 2.52. The minimum atomic E-state index is -0.682. The summed E-state index contributed by atoms with van der Waals surface area (Å²) >= 11 is 0. The molecule has 5 heteroatoms. The Hall–Kier alpha value is -3.15. The summed E-state index contributed by atoms with van der Waals surface area (Å²) in [7, 11) is 1.72. The highest BCUT2D eigenvalue weighted by Crippen LogP contribution is 2.44. The van der Waals surface area contributed by atoms with Crippen molar-refractivity contribution in [2.24, 2.45) is 11.8 Å². The summed E-state index contributed by atoms with van der Waals surface area (Å²) in [5.41, 5.74) is 4.98. The van der Waals surface area contributed by atoms with Crippen molar-refractivity contribution in [3.05, 3.63) is 101 Å². The molecule has 194 valence electrons. The Balaban J connectivity index is 1.53. The third-order valence-electron chi connectivity index (χ3n) is 8.34. The fourth-order valence-electron chi connectivity index (χ4n) is 6.68. The number of rotatable bonds is 10. The van der Waals surface area contributed by atoms with Gasteiger partial charge in [-0.15, -0.1) is 0 Å². The highest BCUT2D eigenvalue weighted by molar-refractivity contribution is 5.71. The summed E-state index contributed by atoms with van der Waals surface area (Å²) in [4.78, 5) is 14.8. The van der Waals surface area contributed by atoms with Gasteiger partial charge in [0, 0.05) is 36.7 Å². The second kappa shape index (κ2) is 11.5. The van der Waals surface area contributed by atoms with E-state index >= 15 is 0 Å². The maximum absolute atomic E-state index is 12.3. The van der Waals surface area contributed by atoms with E-state index in [2.05, 4.69) is 96.0 Å². The Morgan fingerprint density at radius 1 is 1.05 bits per heavy atom. The molecule has 37 heavy (non-hydrogen) atoms. The van der Waals surface area contributed by atoms with E-state index in [1.165, 1.54) is 16.7 Å². The fraction of sp³-hybridized carbons (Fsp3) is 0.406. The number of ether oxygens (including phenoxy) is 1. The smallest absolute Gasteiger partial charge is 0.308 e. The molecule has 0 saturated carbocycles. The zero-order chi connectivity index (χ0) is 25.8. The van der Waals surface area contributed by atoms with Gasteiger partial charge in [-0.3, -0.25) is 9.69 Å². The van der Waals surface area contributed by atoms with E-state index in [4.69, 9.17) is 4.74 Å². The van der Waals surface area contributed by atoms with E-state index in [1.807, 2.05) is 0 Å². The molecule has 3 saturated heterocycles. The third kappa shape index (κ3) is 5.29. The topological polar surface area (TPSA) is 61.8 Å². The van der Waals surface area contributed by atoms with Crippen LogP contribution in [0.4, 0.5) is 0 Å². The van der Waals surface area contributed by atoms with E-state index < -0.39 is 5.97 Å². The predicted molar refractivity (Wildman–Crippen MR) is 147 cm³/mol. The average Bonchev–Trinajstić information content (AvgIpc) is 2.94. The van der Waals surface area contributed by atoms with Gasteiger partial charge in [-0.2, -0.15) is 0 Å². The SMILES string of the molecule is CCCc1ccc(OC)c(CN[C@H]2[C@H]3CCN(C[C@@H]3C(=O)O)[C@@H]2C(c2ccccc2)c2ccccc2)c1. The molecule has 6 rings (SSSR count). The van der Waals surface area contributed by atoms with Crippen LogP contribution in [0.3, 0.4) is 0 Å². The van der Waals surface area contributed by atoms with Crippen molar-refractivity contribution in [1.29, 1.82) is 0 Å². The second-order valence-electron chi connectivity index (χ2n) is 10.5. The van der Waals surface area contributed by atoms with E-state index in [9.17, 15) is 9.90 Å². The Bertz CT molecular complexity index is 1140.